The summed E-state index contributed by atoms with van der Waals surface area (Å²) < 4.78 is 16.0. The molecule has 1 aliphatic rings. The molecular formula is C19H18O5S. The van der Waals surface area contributed by atoms with E-state index in [0.717, 1.165) is 4.90 Å². The number of Topliss-reactive ketones (excluding diaryl/α,β-unsaturated/α-hetero) is 1. The Morgan fingerprint density at radius 2 is 1.80 bits per heavy atom. The van der Waals surface area contributed by atoms with E-state index in [1.54, 1.807) is 25.1 Å². The van der Waals surface area contributed by atoms with Gasteiger partial charge in [-0.15, -0.1) is 11.8 Å². The van der Waals surface area contributed by atoms with Crippen molar-refractivity contribution in [3.63, 3.8) is 0 Å². The van der Waals surface area contributed by atoms with Crippen molar-refractivity contribution in [2.75, 3.05) is 19.8 Å². The first-order valence-electron chi connectivity index (χ1n) is 7.94. The maximum atomic E-state index is 12.2. The Bertz CT molecular complexity index is 760. The largest absolute Gasteiger partial charge is 0.486 e. The third kappa shape index (κ3) is 4.54. The molecule has 25 heavy (non-hydrogen) atoms. The van der Waals surface area contributed by atoms with Crippen LogP contribution < -0.4 is 9.47 Å². The van der Waals surface area contributed by atoms with Crippen LogP contribution in [-0.2, 0) is 9.53 Å². The molecule has 0 fully saturated rings. The minimum absolute atomic E-state index is 0.276. The lowest BCUT2D eigenvalue weighted by Crippen LogP contribution is -2.21. The standard InChI is InChI=1S/C19H18O5S/c1-13(25-15-5-3-2-4-6-15)19(21)24-12-16(20)14-7-8-17-18(11-14)23-10-9-22-17/h2-8,11,13H,9-10,12H2,1H3/t13-/m1/s1. The van der Waals surface area contributed by atoms with Crippen LogP contribution in [0, 0.1) is 0 Å². The smallest absolute Gasteiger partial charge is 0.319 e. The number of ketones is 1. The molecule has 0 aliphatic carbocycles. The summed E-state index contributed by atoms with van der Waals surface area (Å²) in [6, 6.07) is 14.5. The van der Waals surface area contributed by atoms with Crippen molar-refractivity contribution in [3.8, 4) is 11.5 Å². The van der Waals surface area contributed by atoms with E-state index in [2.05, 4.69) is 0 Å². The molecule has 1 atom stereocenters. The Balaban J connectivity index is 1.54. The molecular weight excluding hydrogens is 340 g/mol. The van der Waals surface area contributed by atoms with Crippen molar-refractivity contribution in [1.82, 2.24) is 0 Å². The van der Waals surface area contributed by atoms with Gasteiger partial charge in [0.2, 0.25) is 0 Å². The number of esters is 1. The van der Waals surface area contributed by atoms with Crippen LogP contribution in [0.2, 0.25) is 0 Å². The summed E-state index contributed by atoms with van der Waals surface area (Å²) in [5.74, 6) is 0.464. The molecule has 0 aromatic heterocycles. The van der Waals surface area contributed by atoms with Crippen molar-refractivity contribution in [2.24, 2.45) is 0 Å². The van der Waals surface area contributed by atoms with Gasteiger partial charge in [0.25, 0.3) is 0 Å². The minimum Gasteiger partial charge on any atom is -0.486 e. The summed E-state index contributed by atoms with van der Waals surface area (Å²) in [4.78, 5) is 25.3. The summed E-state index contributed by atoms with van der Waals surface area (Å²) in [6.07, 6.45) is 0. The Morgan fingerprint density at radius 1 is 1.08 bits per heavy atom. The maximum absolute atomic E-state index is 12.2. The van der Waals surface area contributed by atoms with Crippen molar-refractivity contribution in [1.29, 1.82) is 0 Å². The van der Waals surface area contributed by atoms with Gasteiger partial charge in [0.15, 0.2) is 23.9 Å². The van der Waals surface area contributed by atoms with Gasteiger partial charge in [-0.2, -0.15) is 0 Å². The Morgan fingerprint density at radius 3 is 2.56 bits per heavy atom. The predicted molar refractivity (Wildman–Crippen MR) is 94.5 cm³/mol. The fourth-order valence-corrected chi connectivity index (χ4v) is 3.19. The second kappa shape index (κ2) is 8.07. The van der Waals surface area contributed by atoms with E-state index in [1.165, 1.54) is 11.8 Å². The van der Waals surface area contributed by atoms with Gasteiger partial charge in [0.05, 0.1) is 0 Å². The van der Waals surface area contributed by atoms with Crippen LogP contribution in [0.4, 0.5) is 0 Å². The molecule has 0 saturated heterocycles. The summed E-state index contributed by atoms with van der Waals surface area (Å²) in [6.45, 7) is 2.41. The van der Waals surface area contributed by atoms with Crippen LogP contribution in [0.5, 0.6) is 11.5 Å². The summed E-state index contributed by atoms with van der Waals surface area (Å²) in [7, 11) is 0. The van der Waals surface area contributed by atoms with Crippen molar-refractivity contribution < 1.29 is 23.8 Å². The molecule has 0 spiro atoms. The van der Waals surface area contributed by atoms with Gasteiger partial charge in [-0.3, -0.25) is 9.59 Å². The highest BCUT2D eigenvalue weighted by Gasteiger charge is 2.19. The van der Waals surface area contributed by atoms with Crippen molar-refractivity contribution >= 4 is 23.5 Å². The van der Waals surface area contributed by atoms with Crippen LogP contribution in [0.25, 0.3) is 0 Å². The zero-order valence-corrected chi connectivity index (χ0v) is 14.6. The number of hydrogen-bond acceptors (Lipinski definition) is 6. The average Bonchev–Trinajstić information content (AvgIpc) is 2.66. The Labute approximate surface area is 150 Å². The maximum Gasteiger partial charge on any atom is 0.319 e. The normalized spacial score (nSPS) is 13.8. The van der Waals surface area contributed by atoms with Crippen molar-refractivity contribution in [2.45, 2.75) is 17.1 Å². The molecule has 0 radical (unpaired) electrons. The first kappa shape index (κ1) is 17.4. The highest BCUT2D eigenvalue weighted by Crippen LogP contribution is 2.31. The third-order valence-corrected chi connectivity index (χ3v) is 4.69. The molecule has 0 amide bonds. The van der Waals surface area contributed by atoms with Crippen LogP contribution in [0.3, 0.4) is 0 Å². The summed E-state index contributed by atoms with van der Waals surface area (Å²) >= 11 is 1.40. The number of rotatable bonds is 6. The molecule has 130 valence electrons. The van der Waals surface area contributed by atoms with Crippen LogP contribution in [-0.4, -0.2) is 36.8 Å². The van der Waals surface area contributed by atoms with E-state index in [0.29, 0.717) is 30.3 Å². The van der Waals surface area contributed by atoms with Crippen LogP contribution >= 0.6 is 11.8 Å². The molecule has 1 heterocycles. The van der Waals surface area contributed by atoms with Crippen LogP contribution in [0.15, 0.2) is 53.4 Å². The monoisotopic (exact) mass is 358 g/mol. The first-order valence-corrected chi connectivity index (χ1v) is 8.82. The summed E-state index contributed by atoms with van der Waals surface area (Å²) in [5.41, 5.74) is 0.431. The second-order valence-corrected chi connectivity index (χ2v) is 6.88. The molecule has 2 aromatic carbocycles. The van der Waals surface area contributed by atoms with E-state index >= 15 is 0 Å². The molecule has 0 bridgehead atoms. The zero-order valence-electron chi connectivity index (χ0n) is 13.8. The highest BCUT2D eigenvalue weighted by atomic mass is 32.2. The number of benzene rings is 2. The van der Waals surface area contributed by atoms with Gasteiger partial charge in [0.1, 0.15) is 18.5 Å². The van der Waals surface area contributed by atoms with Gasteiger partial charge in [0, 0.05) is 10.5 Å². The quantitative estimate of drug-likeness (QED) is 0.448. The van der Waals surface area contributed by atoms with Gasteiger partial charge < -0.3 is 14.2 Å². The molecule has 2 aromatic rings. The SMILES string of the molecule is C[C@@H](Sc1ccccc1)C(=O)OCC(=O)c1ccc2c(c1)OCCO2. The Kier molecular flexibility index (Phi) is 5.60. The van der Waals surface area contributed by atoms with E-state index in [1.807, 2.05) is 30.3 Å². The predicted octanol–water partition coefficient (Wildman–Crippen LogP) is 3.36. The van der Waals surface area contributed by atoms with Gasteiger partial charge in [-0.1, -0.05) is 18.2 Å². The Hall–Kier alpha value is -2.47. The zero-order chi connectivity index (χ0) is 17.6. The van der Waals surface area contributed by atoms with Gasteiger partial charge in [-0.25, -0.2) is 0 Å². The summed E-state index contributed by atoms with van der Waals surface area (Å²) in [5, 5.41) is -0.393. The fourth-order valence-electron chi connectivity index (χ4n) is 2.31. The third-order valence-electron chi connectivity index (χ3n) is 3.60. The molecule has 0 N–H and O–H groups in total. The number of thioether (sulfide) groups is 1. The molecule has 5 nitrogen and oxygen atoms in total. The fraction of sp³-hybridized carbons (Fsp3) is 0.263. The van der Waals surface area contributed by atoms with E-state index < -0.39 is 11.2 Å². The molecule has 0 unspecified atom stereocenters. The van der Waals surface area contributed by atoms with Crippen molar-refractivity contribution in [3.05, 3.63) is 54.1 Å². The number of carbonyl (C=O) groups excluding carboxylic acids is 2. The van der Waals surface area contributed by atoms with Crippen LogP contribution in [0.1, 0.15) is 17.3 Å². The number of fused-ring (bicyclic) bond motifs is 1. The molecule has 0 saturated carbocycles. The lowest BCUT2D eigenvalue weighted by atomic mass is 10.1. The minimum atomic E-state index is -0.417. The molecule has 1 aliphatic heterocycles. The first-order chi connectivity index (χ1) is 12.1. The number of hydrogen-bond donors (Lipinski definition) is 0. The topological polar surface area (TPSA) is 61.8 Å². The van der Waals surface area contributed by atoms with Gasteiger partial charge in [-0.05, 0) is 37.3 Å². The highest BCUT2D eigenvalue weighted by molar-refractivity contribution is 8.00. The number of carbonyl (C=O) groups is 2. The molecule has 3 rings (SSSR count). The lowest BCUT2D eigenvalue weighted by Gasteiger charge is -2.18. The van der Waals surface area contributed by atoms with E-state index in [9.17, 15) is 9.59 Å². The number of ether oxygens (including phenoxy) is 3. The molecule has 6 heteroatoms. The van der Waals surface area contributed by atoms with Gasteiger partial charge >= 0.3 is 5.97 Å². The van der Waals surface area contributed by atoms with E-state index in [4.69, 9.17) is 14.2 Å². The average molecular weight is 358 g/mol. The van der Waals surface area contributed by atoms with E-state index in [-0.39, 0.29) is 12.4 Å². The second-order valence-electron chi connectivity index (χ2n) is 5.46. The lowest BCUT2D eigenvalue weighted by molar-refractivity contribution is -0.141.